The lowest BCUT2D eigenvalue weighted by molar-refractivity contribution is -0.142. The van der Waals surface area contributed by atoms with E-state index in [9.17, 15) is 9.70 Å². The molecule has 0 fully saturated rings. The van der Waals surface area contributed by atoms with Crippen LogP contribution in [-0.2, 0) is 9.53 Å². The maximum atomic E-state index is 11.1. The predicted octanol–water partition coefficient (Wildman–Crippen LogP) is 1.52. The maximum absolute atomic E-state index is 11.1. The molecule has 1 heterocycles. The molecule has 6 heteroatoms. The molecule has 0 saturated heterocycles. The molecule has 0 amide bonds. The van der Waals surface area contributed by atoms with Crippen LogP contribution < -0.4 is 5.01 Å². The molecule has 1 rings (SSSR count). The first-order chi connectivity index (χ1) is 7.77. The first-order valence-corrected chi connectivity index (χ1v) is 4.95. The van der Waals surface area contributed by atoms with Gasteiger partial charge in [0.2, 0.25) is 0 Å². The highest BCUT2D eigenvalue weighted by Crippen LogP contribution is 2.09. The Morgan fingerprint density at radius 2 is 2.38 bits per heavy atom. The molecular weight excluding hydrogens is 210 g/mol. The number of esters is 1. The molecule has 0 aliphatic carbocycles. The van der Waals surface area contributed by atoms with Gasteiger partial charge in [-0.1, -0.05) is 6.07 Å². The Morgan fingerprint density at radius 1 is 1.56 bits per heavy atom. The third kappa shape index (κ3) is 3.64. The summed E-state index contributed by atoms with van der Waals surface area (Å²) in [5, 5.41) is 3.93. The average molecular weight is 223 g/mol. The lowest BCUT2D eigenvalue weighted by Gasteiger charge is -2.12. The zero-order valence-corrected chi connectivity index (χ0v) is 9.00. The van der Waals surface area contributed by atoms with Crippen molar-refractivity contribution in [3.05, 3.63) is 29.3 Å². The quantitative estimate of drug-likeness (QED) is 0.415. The van der Waals surface area contributed by atoms with Gasteiger partial charge < -0.3 is 4.74 Å². The van der Waals surface area contributed by atoms with Crippen molar-refractivity contribution in [1.29, 1.82) is 0 Å². The third-order valence-corrected chi connectivity index (χ3v) is 1.85. The molecule has 6 nitrogen and oxygen atoms in total. The Hall–Kier alpha value is -1.98. The molecular formula is C10H13N3O3. The highest BCUT2D eigenvalue weighted by molar-refractivity contribution is 5.70. The highest BCUT2D eigenvalue weighted by atomic mass is 16.5. The summed E-state index contributed by atoms with van der Waals surface area (Å²) in [6.07, 6.45) is 1.66. The number of rotatable bonds is 6. The summed E-state index contributed by atoms with van der Waals surface area (Å²) in [5.74, 6) is 0.0638. The molecule has 0 bridgehead atoms. The monoisotopic (exact) mass is 223 g/mol. The molecule has 1 aromatic heterocycles. The van der Waals surface area contributed by atoms with E-state index in [-0.39, 0.29) is 18.9 Å². The Labute approximate surface area is 93.2 Å². The lowest BCUT2D eigenvalue weighted by Crippen LogP contribution is -2.21. The van der Waals surface area contributed by atoms with Crippen molar-refractivity contribution in [2.24, 2.45) is 5.29 Å². The van der Waals surface area contributed by atoms with Crippen molar-refractivity contribution in [2.45, 2.75) is 13.3 Å². The summed E-state index contributed by atoms with van der Waals surface area (Å²) in [6.45, 7) is 2.22. The normalized spacial score (nSPS) is 9.56. The van der Waals surface area contributed by atoms with Crippen molar-refractivity contribution in [3.8, 4) is 0 Å². The van der Waals surface area contributed by atoms with E-state index in [0.29, 0.717) is 12.4 Å². The van der Waals surface area contributed by atoms with Gasteiger partial charge in [-0.25, -0.2) is 9.99 Å². The summed E-state index contributed by atoms with van der Waals surface area (Å²) in [7, 11) is 0. The van der Waals surface area contributed by atoms with Crippen LogP contribution in [0.25, 0.3) is 0 Å². The van der Waals surface area contributed by atoms with E-state index in [1.54, 1.807) is 31.3 Å². The Bertz CT molecular complexity index is 342. The van der Waals surface area contributed by atoms with Gasteiger partial charge in [-0.15, -0.1) is 4.91 Å². The fourth-order valence-electron chi connectivity index (χ4n) is 1.13. The largest absolute Gasteiger partial charge is 0.466 e. The second kappa shape index (κ2) is 6.49. The van der Waals surface area contributed by atoms with Gasteiger partial charge in [-0.2, -0.15) is 0 Å². The minimum atomic E-state index is -0.355. The molecule has 16 heavy (non-hydrogen) atoms. The molecule has 0 atom stereocenters. The molecule has 0 radical (unpaired) electrons. The minimum absolute atomic E-state index is 0.107. The first kappa shape index (κ1) is 12.1. The molecule has 1 aromatic rings. The fourth-order valence-corrected chi connectivity index (χ4v) is 1.13. The second-order valence-corrected chi connectivity index (χ2v) is 2.95. The summed E-state index contributed by atoms with van der Waals surface area (Å²) in [6, 6.07) is 5.12. The van der Waals surface area contributed by atoms with Gasteiger partial charge in [-0.05, 0) is 19.1 Å². The Kier molecular flexibility index (Phi) is 4.91. The van der Waals surface area contributed by atoms with E-state index in [4.69, 9.17) is 4.74 Å². The zero-order chi connectivity index (χ0) is 11.8. The standard InChI is InChI=1S/C10H13N3O3/c1-2-16-10(14)6-8-13(12-15)9-5-3-4-7-11-9/h3-5,7H,2,6,8H2,1H3. The smallest absolute Gasteiger partial charge is 0.307 e. The molecule has 0 spiro atoms. The van der Waals surface area contributed by atoms with Gasteiger partial charge in [0, 0.05) is 6.20 Å². The van der Waals surface area contributed by atoms with Gasteiger partial charge >= 0.3 is 5.97 Å². The number of pyridine rings is 1. The molecule has 0 aliphatic rings. The number of nitroso groups, excluding NO2 is 1. The minimum Gasteiger partial charge on any atom is -0.466 e. The van der Waals surface area contributed by atoms with E-state index in [2.05, 4.69) is 10.3 Å². The maximum Gasteiger partial charge on any atom is 0.307 e. The van der Waals surface area contributed by atoms with Gasteiger partial charge in [-0.3, -0.25) is 4.79 Å². The van der Waals surface area contributed by atoms with Crippen molar-refractivity contribution < 1.29 is 9.53 Å². The van der Waals surface area contributed by atoms with Gasteiger partial charge in [0.15, 0.2) is 5.82 Å². The van der Waals surface area contributed by atoms with Crippen LogP contribution in [0.5, 0.6) is 0 Å². The van der Waals surface area contributed by atoms with E-state index in [0.717, 1.165) is 5.01 Å². The topological polar surface area (TPSA) is 71.9 Å². The summed E-state index contributed by atoms with van der Waals surface area (Å²) in [5.41, 5.74) is 0. The van der Waals surface area contributed by atoms with Crippen molar-refractivity contribution in [1.82, 2.24) is 4.98 Å². The lowest BCUT2D eigenvalue weighted by atomic mass is 10.4. The van der Waals surface area contributed by atoms with Gasteiger partial charge in [0.1, 0.15) is 0 Å². The van der Waals surface area contributed by atoms with E-state index in [1.807, 2.05) is 0 Å². The van der Waals surface area contributed by atoms with Gasteiger partial charge in [0.05, 0.1) is 24.9 Å². The van der Waals surface area contributed by atoms with Crippen LogP contribution in [0.3, 0.4) is 0 Å². The van der Waals surface area contributed by atoms with Crippen LogP contribution in [0.1, 0.15) is 13.3 Å². The zero-order valence-electron chi connectivity index (χ0n) is 9.00. The van der Waals surface area contributed by atoms with E-state index < -0.39 is 0 Å². The van der Waals surface area contributed by atoms with Crippen LogP contribution >= 0.6 is 0 Å². The van der Waals surface area contributed by atoms with Crippen LogP contribution in [-0.4, -0.2) is 24.1 Å². The second-order valence-electron chi connectivity index (χ2n) is 2.95. The highest BCUT2D eigenvalue weighted by Gasteiger charge is 2.10. The number of hydrogen-bond acceptors (Lipinski definition) is 5. The molecule has 0 N–H and O–H groups in total. The van der Waals surface area contributed by atoms with Gasteiger partial charge in [0.25, 0.3) is 0 Å². The summed E-state index contributed by atoms with van der Waals surface area (Å²) in [4.78, 5) is 25.6. The molecule has 0 saturated carbocycles. The van der Waals surface area contributed by atoms with Crippen LogP contribution in [0.4, 0.5) is 5.82 Å². The number of carbonyl (C=O) groups is 1. The molecule has 86 valence electrons. The van der Waals surface area contributed by atoms with Crippen molar-refractivity contribution >= 4 is 11.8 Å². The van der Waals surface area contributed by atoms with Crippen LogP contribution in [0, 0.1) is 4.91 Å². The summed E-state index contributed by atoms with van der Waals surface area (Å²) >= 11 is 0. The SMILES string of the molecule is CCOC(=O)CCN(N=O)c1ccccn1. The number of anilines is 1. The van der Waals surface area contributed by atoms with Crippen LogP contribution in [0.15, 0.2) is 29.7 Å². The molecule has 0 unspecified atom stereocenters. The van der Waals surface area contributed by atoms with Crippen molar-refractivity contribution in [2.75, 3.05) is 18.2 Å². The number of nitrogens with zero attached hydrogens (tertiary/aromatic N) is 3. The number of carbonyl (C=O) groups excluding carboxylic acids is 1. The van der Waals surface area contributed by atoms with E-state index in [1.165, 1.54) is 0 Å². The Balaban J connectivity index is 2.50. The third-order valence-electron chi connectivity index (χ3n) is 1.85. The van der Waals surface area contributed by atoms with Crippen LogP contribution in [0.2, 0.25) is 0 Å². The van der Waals surface area contributed by atoms with Crippen molar-refractivity contribution in [3.63, 3.8) is 0 Å². The van der Waals surface area contributed by atoms with E-state index >= 15 is 0 Å². The predicted molar refractivity (Wildman–Crippen MR) is 58.6 cm³/mol. The first-order valence-electron chi connectivity index (χ1n) is 4.95. The fraction of sp³-hybridized carbons (Fsp3) is 0.400. The molecule has 0 aliphatic heterocycles. The number of hydrogen-bond donors (Lipinski definition) is 0. The average Bonchev–Trinajstić information content (AvgIpc) is 2.31. The number of ether oxygens (including phenoxy) is 1. The molecule has 0 aromatic carbocycles. The number of aromatic nitrogens is 1. The Morgan fingerprint density at radius 3 is 2.94 bits per heavy atom. The summed E-state index contributed by atoms with van der Waals surface area (Å²) < 4.78 is 4.74.